The number of hydrogen-bond acceptors (Lipinski definition) is 5. The zero-order chi connectivity index (χ0) is 11.7. The molecule has 0 saturated carbocycles. The van der Waals surface area contributed by atoms with E-state index >= 15 is 0 Å². The first kappa shape index (κ1) is 13.0. The summed E-state index contributed by atoms with van der Waals surface area (Å²) in [4.78, 5) is 24.9. The summed E-state index contributed by atoms with van der Waals surface area (Å²) in [5.41, 5.74) is 0. The second kappa shape index (κ2) is 7.38. The maximum Gasteiger partial charge on any atom is 0.373 e. The predicted octanol–water partition coefficient (Wildman–Crippen LogP) is 0.152. The van der Waals surface area contributed by atoms with Crippen LogP contribution in [0.3, 0.4) is 0 Å². The number of methoxy groups -OCH3 is 2. The van der Waals surface area contributed by atoms with Crippen molar-refractivity contribution < 1.29 is 23.8 Å². The molecule has 0 spiro atoms. The van der Waals surface area contributed by atoms with Gasteiger partial charge in [-0.2, -0.15) is 0 Å². The molecule has 0 unspecified atom stereocenters. The minimum absolute atomic E-state index is 0.0153. The molecule has 0 aromatic carbocycles. The van der Waals surface area contributed by atoms with Gasteiger partial charge in [-0.25, -0.2) is 16.2 Å². The van der Waals surface area contributed by atoms with Gasteiger partial charge < -0.3 is 19.1 Å². The molecule has 0 rings (SSSR count). The zero-order valence-electron chi connectivity index (χ0n) is 8.48. The van der Waals surface area contributed by atoms with Crippen molar-refractivity contribution >= 4 is 11.9 Å². The summed E-state index contributed by atoms with van der Waals surface area (Å²) in [6.07, 6.45) is 0.871. The molecule has 0 fully saturated rings. The minimum atomic E-state index is -0.787. The first-order valence-corrected chi connectivity index (χ1v) is 3.99. The Morgan fingerprint density at radius 1 is 1.33 bits per heavy atom. The van der Waals surface area contributed by atoms with Crippen LogP contribution in [0.25, 0.3) is 4.85 Å². The molecule has 6 heteroatoms. The van der Waals surface area contributed by atoms with Gasteiger partial charge in [-0.1, -0.05) is 0 Å². The Morgan fingerprint density at radius 3 is 2.47 bits per heavy atom. The first-order valence-electron chi connectivity index (χ1n) is 3.99. The Labute approximate surface area is 87.2 Å². The fraction of sp³-hybridized carbons (Fsp3) is 0.444. The van der Waals surface area contributed by atoms with E-state index in [1.165, 1.54) is 7.11 Å². The number of nitrogens with zero attached hydrogens (tertiary/aromatic N) is 1. The number of carbonyl (C=O) groups is 2. The normalized spacial score (nSPS) is 10.1. The highest BCUT2D eigenvalue weighted by Crippen LogP contribution is 2.01. The molecule has 0 N–H and O–H groups in total. The second-order valence-corrected chi connectivity index (χ2v) is 2.25. The number of hydrogen-bond donors (Lipinski definition) is 0. The number of ether oxygens (including phenoxy) is 3. The van der Waals surface area contributed by atoms with Gasteiger partial charge in [-0.05, 0) is 0 Å². The lowest BCUT2D eigenvalue weighted by atomic mass is 10.4. The fourth-order valence-corrected chi connectivity index (χ4v) is 0.627. The van der Waals surface area contributed by atoms with Gasteiger partial charge in [0.2, 0.25) is 12.3 Å². The van der Waals surface area contributed by atoms with Crippen molar-refractivity contribution in [1.29, 1.82) is 0 Å². The summed E-state index contributed by atoms with van der Waals surface area (Å²) in [7, 11) is 2.33. The third kappa shape index (κ3) is 5.31. The minimum Gasteiger partial charge on any atom is -0.478 e. The van der Waals surface area contributed by atoms with E-state index in [0.717, 1.165) is 13.2 Å². The summed E-state index contributed by atoms with van der Waals surface area (Å²) in [5.74, 6) is -1.78. The van der Waals surface area contributed by atoms with Gasteiger partial charge >= 0.3 is 11.9 Å². The molecule has 15 heavy (non-hydrogen) atoms. The fourth-order valence-electron chi connectivity index (χ4n) is 0.627. The standard InChI is InChI=1S/C9H11NO5/c1-10-4-5-15-7(9(12)14-3)6-8(11)13-2/h6H,4-5H2,2-3H3/b7-6+. The van der Waals surface area contributed by atoms with E-state index in [4.69, 9.17) is 11.3 Å². The van der Waals surface area contributed by atoms with Crippen molar-refractivity contribution in [3.8, 4) is 0 Å². The molecule has 0 aliphatic heterocycles. The number of carbonyl (C=O) groups excluding carboxylic acids is 2. The maximum absolute atomic E-state index is 11.1. The van der Waals surface area contributed by atoms with Crippen LogP contribution in [0.2, 0.25) is 0 Å². The molecular formula is C9H11NO5. The lowest BCUT2D eigenvalue weighted by molar-refractivity contribution is -0.142. The van der Waals surface area contributed by atoms with E-state index in [2.05, 4.69) is 14.3 Å². The van der Waals surface area contributed by atoms with E-state index < -0.39 is 11.9 Å². The van der Waals surface area contributed by atoms with Gasteiger partial charge in [0.1, 0.15) is 0 Å². The molecular weight excluding hydrogens is 202 g/mol. The van der Waals surface area contributed by atoms with Crippen LogP contribution < -0.4 is 0 Å². The highest BCUT2D eigenvalue weighted by atomic mass is 16.6. The van der Waals surface area contributed by atoms with Gasteiger partial charge in [-0.15, -0.1) is 0 Å². The first-order chi connectivity index (χ1) is 7.15. The Morgan fingerprint density at radius 2 is 2.00 bits per heavy atom. The Bertz CT molecular complexity index is 302. The van der Waals surface area contributed by atoms with Crippen LogP contribution in [-0.4, -0.2) is 39.3 Å². The highest BCUT2D eigenvalue weighted by molar-refractivity contribution is 5.94. The van der Waals surface area contributed by atoms with Gasteiger partial charge in [0.15, 0.2) is 6.61 Å². The van der Waals surface area contributed by atoms with Crippen LogP contribution >= 0.6 is 0 Å². The molecule has 0 heterocycles. The van der Waals surface area contributed by atoms with Crippen LogP contribution in [0.1, 0.15) is 0 Å². The van der Waals surface area contributed by atoms with E-state index in [-0.39, 0.29) is 18.9 Å². The van der Waals surface area contributed by atoms with E-state index in [1.54, 1.807) is 0 Å². The lowest BCUT2D eigenvalue weighted by Crippen LogP contribution is -2.12. The van der Waals surface area contributed by atoms with Crippen molar-refractivity contribution in [3.63, 3.8) is 0 Å². The van der Waals surface area contributed by atoms with Crippen LogP contribution in [0, 0.1) is 6.57 Å². The van der Waals surface area contributed by atoms with Gasteiger partial charge in [0.25, 0.3) is 0 Å². The maximum atomic E-state index is 11.1. The van der Waals surface area contributed by atoms with Crippen molar-refractivity contribution in [3.05, 3.63) is 23.3 Å². The van der Waals surface area contributed by atoms with E-state index in [9.17, 15) is 9.59 Å². The molecule has 0 aliphatic rings. The summed E-state index contributed by atoms with van der Waals surface area (Å²) in [6, 6.07) is 0. The highest BCUT2D eigenvalue weighted by Gasteiger charge is 2.14. The van der Waals surface area contributed by atoms with Gasteiger partial charge in [0, 0.05) is 0 Å². The van der Waals surface area contributed by atoms with Crippen LogP contribution in [0.5, 0.6) is 0 Å². The quantitative estimate of drug-likeness (QED) is 0.214. The molecule has 0 amide bonds. The molecule has 0 bridgehead atoms. The third-order valence-corrected chi connectivity index (χ3v) is 1.30. The Balaban J connectivity index is 4.45. The summed E-state index contributed by atoms with van der Waals surface area (Å²) in [5, 5.41) is 0. The monoisotopic (exact) mass is 213 g/mol. The molecule has 6 nitrogen and oxygen atoms in total. The Kier molecular flexibility index (Phi) is 6.38. The van der Waals surface area contributed by atoms with Crippen molar-refractivity contribution in [2.75, 3.05) is 27.4 Å². The molecule has 82 valence electrons. The summed E-state index contributed by atoms with van der Waals surface area (Å²) in [6.45, 7) is 6.60. The molecule has 0 saturated heterocycles. The number of esters is 2. The molecule has 0 aliphatic carbocycles. The second-order valence-electron chi connectivity index (χ2n) is 2.25. The van der Waals surface area contributed by atoms with E-state index in [1.807, 2.05) is 0 Å². The molecule has 0 aromatic rings. The van der Waals surface area contributed by atoms with Crippen molar-refractivity contribution in [2.24, 2.45) is 0 Å². The van der Waals surface area contributed by atoms with Crippen molar-refractivity contribution in [2.45, 2.75) is 0 Å². The van der Waals surface area contributed by atoms with Gasteiger partial charge in [-0.3, -0.25) is 0 Å². The van der Waals surface area contributed by atoms with E-state index in [0.29, 0.717) is 0 Å². The van der Waals surface area contributed by atoms with Gasteiger partial charge in [0.05, 0.1) is 20.3 Å². The van der Waals surface area contributed by atoms with Crippen LogP contribution in [0.4, 0.5) is 0 Å². The molecule has 0 atom stereocenters. The predicted molar refractivity (Wildman–Crippen MR) is 49.5 cm³/mol. The van der Waals surface area contributed by atoms with Crippen LogP contribution in [-0.2, 0) is 23.8 Å². The van der Waals surface area contributed by atoms with Crippen LogP contribution in [0.15, 0.2) is 11.8 Å². The largest absolute Gasteiger partial charge is 0.478 e. The summed E-state index contributed by atoms with van der Waals surface area (Å²) >= 11 is 0. The lowest BCUT2D eigenvalue weighted by Gasteiger charge is -2.04. The molecule has 0 aromatic heterocycles. The average molecular weight is 213 g/mol. The Hall–Kier alpha value is -2.03. The molecule has 0 radical (unpaired) electrons. The third-order valence-electron chi connectivity index (χ3n) is 1.30. The average Bonchev–Trinajstić information content (AvgIpc) is 2.26. The zero-order valence-corrected chi connectivity index (χ0v) is 8.48. The smallest absolute Gasteiger partial charge is 0.373 e. The summed E-state index contributed by atoms with van der Waals surface area (Å²) < 4.78 is 13.6. The van der Waals surface area contributed by atoms with Crippen molar-refractivity contribution in [1.82, 2.24) is 0 Å². The topological polar surface area (TPSA) is 66.2 Å². The SMILES string of the molecule is [C-]#[N+]CCO/C(=C/C(=O)OC)C(=O)OC. The number of rotatable bonds is 5.